The van der Waals surface area contributed by atoms with Crippen LogP contribution >= 0.6 is 0 Å². The van der Waals surface area contributed by atoms with Gasteiger partial charge >= 0.3 is 0 Å². The molecule has 222 valence electrons. The molecule has 3 aromatic rings. The Kier molecular flexibility index (Phi) is 7.95. The molecule has 2 aliphatic heterocycles. The molecule has 0 spiro atoms. The van der Waals surface area contributed by atoms with Crippen molar-refractivity contribution in [2.75, 3.05) is 6.61 Å². The van der Waals surface area contributed by atoms with Gasteiger partial charge in [-0.1, -0.05) is 0 Å². The molecule has 9 N–H and O–H groups in total. The highest BCUT2D eigenvalue weighted by atomic mass is 16.7. The summed E-state index contributed by atoms with van der Waals surface area (Å²) >= 11 is 0. The summed E-state index contributed by atoms with van der Waals surface area (Å²) < 4.78 is 22.8. The lowest BCUT2D eigenvalue weighted by Gasteiger charge is -2.41. The van der Waals surface area contributed by atoms with Gasteiger partial charge in [-0.15, -0.1) is 0 Å². The van der Waals surface area contributed by atoms with Crippen molar-refractivity contribution < 1.29 is 64.6 Å². The molecular weight excluding hydrogens is 548 g/mol. The summed E-state index contributed by atoms with van der Waals surface area (Å²) in [5, 5.41) is 92.4. The van der Waals surface area contributed by atoms with E-state index in [1.165, 1.54) is 31.2 Å². The average Bonchev–Trinajstić information content (AvgIpc) is 2.94. The highest BCUT2D eigenvalue weighted by Gasteiger charge is 2.47. The normalized spacial score (nSPS) is 34.0. The number of aliphatic hydroxyl groups is 7. The summed E-state index contributed by atoms with van der Waals surface area (Å²) in [6.45, 7) is 0.652. The maximum Gasteiger partial charge on any atom is 0.229 e. The first-order valence-corrected chi connectivity index (χ1v) is 12.7. The van der Waals surface area contributed by atoms with Crippen molar-refractivity contribution in [2.24, 2.45) is 0 Å². The number of ether oxygens (including phenoxy) is 3. The predicted octanol–water partition coefficient (Wildman–Crippen LogP) is -1.41. The van der Waals surface area contributed by atoms with Gasteiger partial charge in [-0.05, 0) is 31.2 Å². The highest BCUT2D eigenvalue weighted by Crippen LogP contribution is 2.46. The lowest BCUT2D eigenvalue weighted by atomic mass is 9.90. The van der Waals surface area contributed by atoms with Gasteiger partial charge in [-0.3, -0.25) is 4.79 Å². The van der Waals surface area contributed by atoms with Gasteiger partial charge in [-0.25, -0.2) is 0 Å². The monoisotopic (exact) mass is 578 g/mol. The zero-order chi connectivity index (χ0) is 29.7. The third-order valence-corrected chi connectivity index (χ3v) is 7.37. The molecule has 0 amide bonds. The van der Waals surface area contributed by atoms with Crippen molar-refractivity contribution in [2.45, 2.75) is 68.1 Å². The van der Waals surface area contributed by atoms with E-state index in [1.807, 2.05) is 0 Å². The summed E-state index contributed by atoms with van der Waals surface area (Å²) in [7, 11) is 0. The SMILES string of the molecule is CC1OC(c2c(OC3OC(CO)C(O)C(O)C3O)cc3oc(-c4ccc(O)cc4)cc(=O)c3c2O)C(O)C(O)C1O. The standard InChI is InChI=1S/C27H30O14/c1-9-19(31)22(34)24(36)26(38-9)18-15(40-27-25(37)23(35)20(32)16(8-28)41-27)7-14-17(21(18)33)12(30)6-13(39-14)10-2-4-11(29)5-3-10/h2-7,9,16,19-20,22-29,31-37H,8H2,1H3. The summed E-state index contributed by atoms with van der Waals surface area (Å²) in [6.07, 6.45) is -16.1. The van der Waals surface area contributed by atoms with Crippen LogP contribution < -0.4 is 10.2 Å². The number of benzene rings is 2. The molecule has 2 aromatic carbocycles. The molecule has 14 nitrogen and oxygen atoms in total. The molecule has 14 heteroatoms. The second kappa shape index (κ2) is 11.2. The molecule has 0 radical (unpaired) electrons. The first kappa shape index (κ1) is 29.2. The number of fused-ring (bicyclic) bond motifs is 1. The highest BCUT2D eigenvalue weighted by molar-refractivity contribution is 5.88. The number of phenolic OH excluding ortho intramolecular Hbond substituents is 2. The third-order valence-electron chi connectivity index (χ3n) is 7.37. The molecule has 2 saturated heterocycles. The quantitative estimate of drug-likeness (QED) is 0.169. The van der Waals surface area contributed by atoms with Crippen LogP contribution in [0, 0.1) is 0 Å². The maximum absolute atomic E-state index is 13.2. The van der Waals surface area contributed by atoms with Crippen LogP contribution in [-0.4, -0.2) is 108 Å². The Morgan fingerprint density at radius 3 is 2.15 bits per heavy atom. The molecule has 5 rings (SSSR count). The second-order valence-corrected chi connectivity index (χ2v) is 10.1. The van der Waals surface area contributed by atoms with Crippen LogP contribution in [0.15, 0.2) is 45.6 Å². The lowest BCUT2D eigenvalue weighted by molar-refractivity contribution is -0.278. The van der Waals surface area contributed by atoms with Crippen molar-refractivity contribution in [1.29, 1.82) is 0 Å². The zero-order valence-corrected chi connectivity index (χ0v) is 21.5. The van der Waals surface area contributed by atoms with Gasteiger partial charge < -0.3 is 64.6 Å². The van der Waals surface area contributed by atoms with E-state index < -0.39 is 79.0 Å². The minimum absolute atomic E-state index is 0.0260. The fraction of sp³-hybridized carbons (Fsp3) is 0.444. The Hall–Kier alpha value is -3.31. The van der Waals surface area contributed by atoms with E-state index >= 15 is 0 Å². The first-order valence-electron chi connectivity index (χ1n) is 12.7. The molecule has 2 fully saturated rings. The van der Waals surface area contributed by atoms with Crippen molar-refractivity contribution in [3.8, 4) is 28.6 Å². The van der Waals surface area contributed by atoms with E-state index in [0.717, 1.165) is 12.1 Å². The Morgan fingerprint density at radius 2 is 1.49 bits per heavy atom. The molecular formula is C27H30O14. The summed E-state index contributed by atoms with van der Waals surface area (Å²) in [5.74, 6) is -1.13. The van der Waals surface area contributed by atoms with Crippen molar-refractivity contribution in [1.82, 2.24) is 0 Å². The van der Waals surface area contributed by atoms with Gasteiger partial charge in [0.1, 0.15) is 82.8 Å². The first-order chi connectivity index (χ1) is 19.4. The molecule has 41 heavy (non-hydrogen) atoms. The van der Waals surface area contributed by atoms with E-state index in [-0.39, 0.29) is 33.8 Å². The van der Waals surface area contributed by atoms with Crippen LogP contribution in [0.1, 0.15) is 18.6 Å². The molecule has 1 aromatic heterocycles. The van der Waals surface area contributed by atoms with Gasteiger partial charge in [0.25, 0.3) is 0 Å². The van der Waals surface area contributed by atoms with Gasteiger partial charge in [-0.2, -0.15) is 0 Å². The topological polar surface area (TPSA) is 240 Å². The fourth-order valence-electron chi connectivity index (χ4n) is 5.01. The number of rotatable bonds is 5. The largest absolute Gasteiger partial charge is 0.508 e. The maximum atomic E-state index is 13.2. The van der Waals surface area contributed by atoms with Crippen molar-refractivity contribution in [3.05, 3.63) is 52.2 Å². The molecule has 0 bridgehead atoms. The molecule has 0 aliphatic carbocycles. The Balaban J connectivity index is 1.68. The van der Waals surface area contributed by atoms with Gasteiger partial charge in [0.15, 0.2) is 5.43 Å². The van der Waals surface area contributed by atoms with E-state index in [4.69, 9.17) is 18.6 Å². The smallest absolute Gasteiger partial charge is 0.229 e. The van der Waals surface area contributed by atoms with Gasteiger partial charge in [0, 0.05) is 17.7 Å². The van der Waals surface area contributed by atoms with Crippen LogP contribution in [0.5, 0.6) is 17.2 Å². The van der Waals surface area contributed by atoms with E-state index in [0.29, 0.717) is 5.56 Å². The number of aliphatic hydroxyl groups excluding tert-OH is 7. The summed E-state index contributed by atoms with van der Waals surface area (Å²) in [4.78, 5) is 13.2. The third kappa shape index (κ3) is 5.14. The van der Waals surface area contributed by atoms with Crippen LogP contribution in [0.25, 0.3) is 22.3 Å². The number of hydrogen-bond acceptors (Lipinski definition) is 14. The van der Waals surface area contributed by atoms with Crippen LogP contribution in [-0.2, 0) is 9.47 Å². The van der Waals surface area contributed by atoms with Crippen molar-refractivity contribution >= 4 is 11.0 Å². The van der Waals surface area contributed by atoms with E-state index in [9.17, 15) is 50.8 Å². The average molecular weight is 579 g/mol. The minimum Gasteiger partial charge on any atom is -0.508 e. The number of aromatic hydroxyl groups is 2. The minimum atomic E-state index is -1.86. The molecule has 0 saturated carbocycles. The van der Waals surface area contributed by atoms with Crippen molar-refractivity contribution in [3.63, 3.8) is 0 Å². The molecule has 10 atom stereocenters. The van der Waals surface area contributed by atoms with Crippen LogP contribution in [0.2, 0.25) is 0 Å². The van der Waals surface area contributed by atoms with Gasteiger partial charge in [0.05, 0.1) is 18.3 Å². The number of phenols is 2. The Labute approximate surface area is 231 Å². The zero-order valence-electron chi connectivity index (χ0n) is 21.5. The Morgan fingerprint density at radius 1 is 0.829 bits per heavy atom. The van der Waals surface area contributed by atoms with Gasteiger partial charge in [0.2, 0.25) is 6.29 Å². The van der Waals surface area contributed by atoms with E-state index in [1.54, 1.807) is 0 Å². The molecule has 10 unspecified atom stereocenters. The Bertz CT molecular complexity index is 1450. The summed E-state index contributed by atoms with van der Waals surface area (Å²) in [6, 6.07) is 7.94. The fourth-order valence-corrected chi connectivity index (χ4v) is 5.01. The van der Waals surface area contributed by atoms with Crippen LogP contribution in [0.4, 0.5) is 0 Å². The molecule has 3 heterocycles. The summed E-state index contributed by atoms with van der Waals surface area (Å²) in [5.41, 5.74) is -0.907. The number of hydrogen-bond donors (Lipinski definition) is 9. The predicted molar refractivity (Wildman–Crippen MR) is 137 cm³/mol. The van der Waals surface area contributed by atoms with Crippen LogP contribution in [0.3, 0.4) is 0 Å². The van der Waals surface area contributed by atoms with E-state index in [2.05, 4.69) is 0 Å². The lowest BCUT2D eigenvalue weighted by Crippen LogP contribution is -2.60. The molecule has 2 aliphatic rings. The second-order valence-electron chi connectivity index (χ2n) is 10.1.